The summed E-state index contributed by atoms with van der Waals surface area (Å²) in [6.45, 7) is 2.49. The normalized spacial score (nSPS) is 24.7. The van der Waals surface area contributed by atoms with E-state index in [2.05, 4.69) is 128 Å². The zero-order valence-electron chi connectivity index (χ0n) is 21.5. The summed E-state index contributed by atoms with van der Waals surface area (Å²) in [4.78, 5) is 14.0. The smallest absolute Gasteiger partial charge is 0.140 e. The molecule has 0 aromatic heterocycles. The largest absolute Gasteiger partial charge is 0.299 e. The number of benzene rings is 4. The third-order valence-electron chi connectivity index (χ3n) is 9.07. The molecule has 2 aliphatic rings. The van der Waals surface area contributed by atoms with Gasteiger partial charge in [0.1, 0.15) is 5.78 Å². The predicted octanol–water partition coefficient (Wildman–Crippen LogP) is 6.63. The molecule has 37 heavy (non-hydrogen) atoms. The zero-order chi connectivity index (χ0) is 25.3. The summed E-state index contributed by atoms with van der Waals surface area (Å²) in [6, 6.07) is 44.0. The summed E-state index contributed by atoms with van der Waals surface area (Å²) >= 11 is 0. The number of fused-ring (bicyclic) bond motifs is 2. The maximum atomic E-state index is 14.0. The molecule has 4 aromatic rings. The molecular formula is C34H34OP2. The van der Waals surface area contributed by atoms with E-state index >= 15 is 0 Å². The highest BCUT2D eigenvalue weighted by Gasteiger charge is 2.66. The van der Waals surface area contributed by atoms with Gasteiger partial charge in [0.05, 0.1) is 0 Å². The molecular weight excluding hydrogens is 486 g/mol. The van der Waals surface area contributed by atoms with Crippen LogP contribution in [0.4, 0.5) is 0 Å². The maximum Gasteiger partial charge on any atom is 0.140 e. The summed E-state index contributed by atoms with van der Waals surface area (Å²) in [5.41, 5.74) is -0.245. The topological polar surface area (TPSA) is 17.1 Å². The first kappa shape index (κ1) is 24.7. The number of hydrogen-bond donors (Lipinski definition) is 0. The van der Waals surface area contributed by atoms with E-state index in [1.54, 1.807) is 0 Å². The molecule has 1 nitrogen and oxygen atoms in total. The van der Waals surface area contributed by atoms with Crippen molar-refractivity contribution in [1.29, 1.82) is 0 Å². The fourth-order valence-electron chi connectivity index (χ4n) is 6.94. The first-order valence-electron chi connectivity index (χ1n) is 13.4. The van der Waals surface area contributed by atoms with Crippen molar-refractivity contribution in [2.75, 3.05) is 12.3 Å². The van der Waals surface area contributed by atoms with Gasteiger partial charge in [-0.15, -0.1) is 0 Å². The van der Waals surface area contributed by atoms with Crippen LogP contribution in [0.5, 0.6) is 0 Å². The van der Waals surface area contributed by atoms with Crippen molar-refractivity contribution in [3.8, 4) is 0 Å². The number of rotatable bonds is 8. The summed E-state index contributed by atoms with van der Waals surface area (Å²) in [7, 11) is -1.17. The summed E-state index contributed by atoms with van der Waals surface area (Å²) < 4.78 is 0. The van der Waals surface area contributed by atoms with Crippen molar-refractivity contribution in [3.05, 3.63) is 121 Å². The Labute approximate surface area is 223 Å². The molecule has 0 saturated heterocycles. The molecule has 2 fully saturated rings. The number of ketones is 1. The second-order valence-corrected chi connectivity index (χ2v) is 15.3. The van der Waals surface area contributed by atoms with Crippen molar-refractivity contribution in [3.63, 3.8) is 0 Å². The Kier molecular flexibility index (Phi) is 6.88. The van der Waals surface area contributed by atoms with E-state index in [0.717, 1.165) is 25.2 Å². The Balaban J connectivity index is 1.42. The van der Waals surface area contributed by atoms with E-state index in [0.29, 0.717) is 11.7 Å². The average molecular weight is 521 g/mol. The van der Waals surface area contributed by atoms with Crippen LogP contribution in [0.15, 0.2) is 121 Å². The summed E-state index contributed by atoms with van der Waals surface area (Å²) in [5.74, 6) is 1.02. The van der Waals surface area contributed by atoms with Gasteiger partial charge in [0, 0.05) is 11.8 Å². The van der Waals surface area contributed by atoms with E-state index in [1.165, 1.54) is 27.6 Å². The van der Waals surface area contributed by atoms with Gasteiger partial charge in [-0.1, -0.05) is 128 Å². The highest BCUT2D eigenvalue weighted by Crippen LogP contribution is 2.69. The van der Waals surface area contributed by atoms with Gasteiger partial charge in [-0.2, -0.15) is 0 Å². The van der Waals surface area contributed by atoms with Gasteiger partial charge in [-0.3, -0.25) is 4.79 Å². The molecule has 2 bridgehead atoms. The Morgan fingerprint density at radius 1 is 0.622 bits per heavy atom. The molecule has 0 spiro atoms. The molecule has 0 unspecified atom stereocenters. The lowest BCUT2D eigenvalue weighted by Gasteiger charge is -2.44. The SMILES string of the molecule is C[C@@]1(CP(c2ccccc2)c2ccccc2)[C@H]2CC[C@]1(CP(c1ccccc1)c1ccccc1)C(=O)C2. The predicted molar refractivity (Wildman–Crippen MR) is 161 cm³/mol. The molecule has 6 rings (SSSR count). The van der Waals surface area contributed by atoms with Gasteiger partial charge < -0.3 is 0 Å². The Morgan fingerprint density at radius 3 is 1.38 bits per heavy atom. The standard InChI is InChI=1S/C34H34OP2/c1-33(25-36(28-14-6-2-7-15-28)29-16-8-3-9-17-29)27-22-23-34(33,32(35)24-27)26-37(30-18-10-4-11-19-30)31-20-12-5-13-21-31/h2-21,27H,22-26H2,1H3/t27-,33+,34-/m0/s1. The highest BCUT2D eigenvalue weighted by atomic mass is 31.1. The van der Waals surface area contributed by atoms with Crippen LogP contribution in [0.2, 0.25) is 0 Å². The molecule has 0 N–H and O–H groups in total. The minimum atomic E-state index is -0.622. The molecule has 0 radical (unpaired) electrons. The van der Waals surface area contributed by atoms with Gasteiger partial charge in [-0.05, 0) is 73.6 Å². The van der Waals surface area contributed by atoms with Crippen LogP contribution < -0.4 is 21.2 Å². The van der Waals surface area contributed by atoms with Crippen LogP contribution in [-0.2, 0) is 4.79 Å². The van der Waals surface area contributed by atoms with E-state index < -0.39 is 15.8 Å². The first-order chi connectivity index (χ1) is 18.1. The lowest BCUT2D eigenvalue weighted by atomic mass is 9.70. The fourth-order valence-corrected chi connectivity index (χ4v) is 12.8. The highest BCUT2D eigenvalue weighted by molar-refractivity contribution is 7.73. The first-order valence-corrected chi connectivity index (χ1v) is 16.4. The molecule has 186 valence electrons. The Hall–Kier alpha value is -2.59. The molecule has 2 aliphatic carbocycles. The van der Waals surface area contributed by atoms with Crippen molar-refractivity contribution in [2.24, 2.45) is 16.7 Å². The van der Waals surface area contributed by atoms with Gasteiger partial charge in [0.2, 0.25) is 0 Å². The van der Waals surface area contributed by atoms with Gasteiger partial charge in [0.15, 0.2) is 0 Å². The molecule has 2 saturated carbocycles. The number of carbonyl (C=O) groups excluding carboxylic acids is 1. The Morgan fingerprint density at radius 2 is 1.00 bits per heavy atom. The molecule has 3 heteroatoms. The van der Waals surface area contributed by atoms with Crippen molar-refractivity contribution >= 4 is 42.8 Å². The van der Waals surface area contributed by atoms with Crippen LogP contribution in [0.3, 0.4) is 0 Å². The van der Waals surface area contributed by atoms with Crippen molar-refractivity contribution in [1.82, 2.24) is 0 Å². The number of Topliss-reactive ketones (excluding diaryl/α,β-unsaturated/α-hetero) is 1. The Bertz CT molecular complexity index is 1260. The lowest BCUT2D eigenvalue weighted by Crippen LogP contribution is -2.45. The van der Waals surface area contributed by atoms with Gasteiger partial charge in [0.25, 0.3) is 0 Å². The van der Waals surface area contributed by atoms with E-state index in [1.807, 2.05) is 0 Å². The van der Waals surface area contributed by atoms with E-state index in [9.17, 15) is 4.79 Å². The van der Waals surface area contributed by atoms with Crippen molar-refractivity contribution in [2.45, 2.75) is 26.2 Å². The van der Waals surface area contributed by atoms with Crippen LogP contribution >= 0.6 is 15.8 Å². The zero-order valence-corrected chi connectivity index (χ0v) is 23.3. The van der Waals surface area contributed by atoms with Crippen LogP contribution in [0.1, 0.15) is 26.2 Å². The lowest BCUT2D eigenvalue weighted by molar-refractivity contribution is -0.127. The minimum Gasteiger partial charge on any atom is -0.299 e. The summed E-state index contributed by atoms with van der Waals surface area (Å²) in [5, 5.41) is 5.62. The van der Waals surface area contributed by atoms with E-state index in [4.69, 9.17) is 0 Å². The number of carbonyl (C=O) groups is 1. The average Bonchev–Trinajstić information content (AvgIpc) is 3.34. The van der Waals surface area contributed by atoms with Crippen molar-refractivity contribution < 1.29 is 4.79 Å². The second kappa shape index (κ2) is 10.3. The molecule has 0 amide bonds. The second-order valence-electron chi connectivity index (χ2n) is 10.9. The van der Waals surface area contributed by atoms with Crippen LogP contribution in [0.25, 0.3) is 0 Å². The fraction of sp³-hybridized carbons (Fsp3) is 0.265. The molecule has 0 aliphatic heterocycles. The minimum absolute atomic E-state index is 0.00557. The molecule has 3 atom stereocenters. The van der Waals surface area contributed by atoms with Crippen LogP contribution in [-0.4, -0.2) is 18.1 Å². The van der Waals surface area contributed by atoms with Gasteiger partial charge >= 0.3 is 0 Å². The number of hydrogen-bond acceptors (Lipinski definition) is 1. The van der Waals surface area contributed by atoms with Gasteiger partial charge in [-0.25, -0.2) is 0 Å². The third-order valence-corrected chi connectivity index (χ3v) is 14.6. The quantitative estimate of drug-likeness (QED) is 0.239. The maximum absolute atomic E-state index is 14.0. The molecule has 0 heterocycles. The van der Waals surface area contributed by atoms with E-state index in [-0.39, 0.29) is 10.8 Å². The monoisotopic (exact) mass is 520 g/mol. The van der Waals surface area contributed by atoms with Crippen LogP contribution in [0, 0.1) is 16.7 Å². The summed E-state index contributed by atoms with van der Waals surface area (Å²) in [6.07, 6.45) is 5.03. The third kappa shape index (κ3) is 4.41. The molecule has 4 aromatic carbocycles.